The topological polar surface area (TPSA) is 38.8 Å². The zero-order chi connectivity index (χ0) is 19.2. The number of nitrogens with zero attached hydrogens (tertiary/aromatic N) is 1. The van der Waals surface area contributed by atoms with Gasteiger partial charge in [-0.25, -0.2) is 4.39 Å². The molecule has 27 heavy (non-hydrogen) atoms. The molecule has 1 aliphatic heterocycles. The normalized spacial score (nSPS) is 17.1. The molecule has 4 nitrogen and oxygen atoms in total. The summed E-state index contributed by atoms with van der Waals surface area (Å²) in [6, 6.07) is 12.2. The zero-order valence-corrected chi connectivity index (χ0v) is 16.0. The van der Waals surface area contributed by atoms with Crippen LogP contribution in [0.1, 0.15) is 16.7 Å². The maximum Gasteiger partial charge on any atom is 0.227 e. The molecule has 1 fully saturated rings. The quantitative estimate of drug-likeness (QED) is 0.752. The fourth-order valence-electron chi connectivity index (χ4n) is 3.07. The smallest absolute Gasteiger partial charge is 0.227 e. The Labute approximate surface area is 163 Å². The summed E-state index contributed by atoms with van der Waals surface area (Å²) < 4.78 is 24.5. The van der Waals surface area contributed by atoms with E-state index in [4.69, 9.17) is 21.1 Å². The number of amides is 1. The van der Waals surface area contributed by atoms with E-state index in [9.17, 15) is 9.18 Å². The Bertz CT molecular complexity index is 799. The first-order chi connectivity index (χ1) is 13.0. The molecular formula is C21H23ClFNO3. The number of carbonyl (C=O) groups excluding carboxylic acids is 1. The lowest BCUT2D eigenvalue weighted by Gasteiger charge is -2.33. The first kappa shape index (κ1) is 19.8. The van der Waals surface area contributed by atoms with Gasteiger partial charge < -0.3 is 14.4 Å². The molecule has 1 aliphatic rings. The summed E-state index contributed by atoms with van der Waals surface area (Å²) in [6.45, 7) is 4.22. The predicted molar refractivity (Wildman–Crippen MR) is 102 cm³/mol. The molecule has 144 valence electrons. The van der Waals surface area contributed by atoms with Crippen molar-refractivity contribution in [1.29, 1.82) is 0 Å². The summed E-state index contributed by atoms with van der Waals surface area (Å²) in [7, 11) is 0. The monoisotopic (exact) mass is 391 g/mol. The van der Waals surface area contributed by atoms with Gasteiger partial charge in [0.1, 0.15) is 5.82 Å². The summed E-state index contributed by atoms with van der Waals surface area (Å²) >= 11 is 6.00. The molecule has 0 bridgehead atoms. The maximum absolute atomic E-state index is 13.1. The molecule has 6 heteroatoms. The Balaban J connectivity index is 1.49. The highest BCUT2D eigenvalue weighted by atomic mass is 35.5. The van der Waals surface area contributed by atoms with Crippen LogP contribution < -0.4 is 0 Å². The number of rotatable bonds is 6. The second-order valence-electron chi connectivity index (χ2n) is 6.69. The molecule has 2 aromatic carbocycles. The van der Waals surface area contributed by atoms with Crippen LogP contribution in [-0.2, 0) is 27.3 Å². The molecule has 1 amide bonds. The molecule has 0 N–H and O–H groups in total. The summed E-state index contributed by atoms with van der Waals surface area (Å²) in [5, 5.41) is 0.342. The molecule has 0 aliphatic carbocycles. The van der Waals surface area contributed by atoms with Crippen LogP contribution in [0, 0.1) is 12.7 Å². The van der Waals surface area contributed by atoms with Gasteiger partial charge in [0, 0.05) is 18.1 Å². The predicted octanol–water partition coefficient (Wildman–Crippen LogP) is 3.77. The van der Waals surface area contributed by atoms with Crippen molar-refractivity contribution >= 4 is 17.5 Å². The number of benzene rings is 2. The van der Waals surface area contributed by atoms with Crippen LogP contribution in [0.15, 0.2) is 42.5 Å². The van der Waals surface area contributed by atoms with Gasteiger partial charge in [0.2, 0.25) is 5.91 Å². The van der Waals surface area contributed by atoms with Crippen molar-refractivity contribution in [3.8, 4) is 0 Å². The van der Waals surface area contributed by atoms with E-state index >= 15 is 0 Å². The Morgan fingerprint density at radius 1 is 1.30 bits per heavy atom. The Morgan fingerprint density at radius 2 is 2.11 bits per heavy atom. The number of carbonyl (C=O) groups is 1. The number of morpholine rings is 1. The van der Waals surface area contributed by atoms with Gasteiger partial charge in [0.25, 0.3) is 0 Å². The van der Waals surface area contributed by atoms with E-state index in [1.807, 2.05) is 36.1 Å². The van der Waals surface area contributed by atoms with Crippen LogP contribution in [0.25, 0.3) is 0 Å². The molecule has 0 spiro atoms. The van der Waals surface area contributed by atoms with E-state index < -0.39 is 0 Å². The Morgan fingerprint density at radius 3 is 2.89 bits per heavy atom. The van der Waals surface area contributed by atoms with Crippen molar-refractivity contribution < 1.29 is 18.7 Å². The van der Waals surface area contributed by atoms with Crippen LogP contribution in [-0.4, -0.2) is 43.2 Å². The van der Waals surface area contributed by atoms with Gasteiger partial charge in [0.15, 0.2) is 0 Å². The third-order valence-corrected chi connectivity index (χ3v) is 5.02. The van der Waals surface area contributed by atoms with Crippen molar-refractivity contribution in [2.24, 2.45) is 0 Å². The van der Waals surface area contributed by atoms with Crippen LogP contribution in [0.5, 0.6) is 0 Å². The lowest BCUT2D eigenvalue weighted by atomic mass is 10.1. The standard InChI is InChI=1S/C21H23ClFNO3/c1-15-4-2-3-5-16(15)10-21(25)24-8-9-27-19(12-24)14-26-13-17-6-7-18(23)11-20(17)22/h2-7,11,19H,8-10,12-14H2,1H3. The third-order valence-electron chi connectivity index (χ3n) is 4.67. The Kier molecular flexibility index (Phi) is 6.83. The molecule has 0 radical (unpaired) electrons. The van der Waals surface area contributed by atoms with Crippen molar-refractivity contribution in [3.63, 3.8) is 0 Å². The fraction of sp³-hybridized carbons (Fsp3) is 0.381. The summed E-state index contributed by atoms with van der Waals surface area (Å²) in [6.07, 6.45) is 0.213. The largest absolute Gasteiger partial charge is 0.374 e. The average molecular weight is 392 g/mol. The summed E-state index contributed by atoms with van der Waals surface area (Å²) in [5.41, 5.74) is 2.89. The molecule has 0 aromatic heterocycles. The minimum Gasteiger partial charge on any atom is -0.374 e. The zero-order valence-electron chi connectivity index (χ0n) is 15.3. The van der Waals surface area contributed by atoms with Gasteiger partial charge in [-0.2, -0.15) is 0 Å². The molecule has 0 saturated carbocycles. The minimum absolute atomic E-state index is 0.0965. The van der Waals surface area contributed by atoms with Gasteiger partial charge in [0.05, 0.1) is 32.3 Å². The number of aryl methyl sites for hydroxylation is 1. The SMILES string of the molecule is Cc1ccccc1CC(=O)N1CCOC(COCc2ccc(F)cc2Cl)C1. The highest BCUT2D eigenvalue weighted by Crippen LogP contribution is 2.18. The van der Waals surface area contributed by atoms with Crippen molar-refractivity contribution in [2.75, 3.05) is 26.3 Å². The lowest BCUT2D eigenvalue weighted by Crippen LogP contribution is -2.47. The first-order valence-corrected chi connectivity index (χ1v) is 9.36. The van der Waals surface area contributed by atoms with E-state index in [0.29, 0.717) is 37.7 Å². The number of hydrogen-bond acceptors (Lipinski definition) is 3. The molecule has 1 heterocycles. The van der Waals surface area contributed by atoms with Gasteiger partial charge in [-0.3, -0.25) is 4.79 Å². The highest BCUT2D eigenvalue weighted by Gasteiger charge is 2.24. The van der Waals surface area contributed by atoms with Crippen LogP contribution in [0.3, 0.4) is 0 Å². The molecule has 1 unspecified atom stereocenters. The third kappa shape index (κ3) is 5.51. The fourth-order valence-corrected chi connectivity index (χ4v) is 3.29. The molecule has 1 atom stereocenters. The maximum atomic E-state index is 13.1. The van der Waals surface area contributed by atoms with Gasteiger partial charge in [-0.15, -0.1) is 0 Å². The second-order valence-corrected chi connectivity index (χ2v) is 7.09. The molecule has 2 aromatic rings. The van der Waals surface area contributed by atoms with Gasteiger partial charge in [-0.1, -0.05) is 41.9 Å². The number of hydrogen-bond donors (Lipinski definition) is 0. The van der Waals surface area contributed by atoms with Gasteiger partial charge >= 0.3 is 0 Å². The van der Waals surface area contributed by atoms with Crippen molar-refractivity contribution in [1.82, 2.24) is 4.90 Å². The van der Waals surface area contributed by atoms with Crippen LogP contribution in [0.4, 0.5) is 4.39 Å². The number of ether oxygens (including phenoxy) is 2. The van der Waals surface area contributed by atoms with Crippen molar-refractivity contribution in [2.45, 2.75) is 26.1 Å². The lowest BCUT2D eigenvalue weighted by molar-refractivity contribution is -0.140. The Hall–Kier alpha value is -1.95. The molecular weight excluding hydrogens is 369 g/mol. The minimum atomic E-state index is -0.373. The highest BCUT2D eigenvalue weighted by molar-refractivity contribution is 6.31. The van der Waals surface area contributed by atoms with Crippen LogP contribution in [0.2, 0.25) is 5.02 Å². The summed E-state index contributed by atoms with van der Waals surface area (Å²) in [5.74, 6) is -0.277. The van der Waals surface area contributed by atoms with E-state index in [2.05, 4.69) is 0 Å². The summed E-state index contributed by atoms with van der Waals surface area (Å²) in [4.78, 5) is 14.4. The van der Waals surface area contributed by atoms with Crippen molar-refractivity contribution in [3.05, 3.63) is 70.0 Å². The first-order valence-electron chi connectivity index (χ1n) is 8.98. The number of halogens is 2. The van der Waals surface area contributed by atoms with E-state index in [1.54, 1.807) is 6.07 Å². The van der Waals surface area contributed by atoms with E-state index in [-0.39, 0.29) is 24.4 Å². The van der Waals surface area contributed by atoms with E-state index in [1.165, 1.54) is 12.1 Å². The second kappa shape index (κ2) is 9.31. The van der Waals surface area contributed by atoms with Crippen LogP contribution >= 0.6 is 11.6 Å². The molecule has 1 saturated heterocycles. The van der Waals surface area contributed by atoms with E-state index in [0.717, 1.165) is 16.7 Å². The average Bonchev–Trinajstić information content (AvgIpc) is 2.65. The van der Waals surface area contributed by atoms with Gasteiger partial charge in [-0.05, 0) is 35.7 Å². The molecule has 3 rings (SSSR count).